The summed E-state index contributed by atoms with van der Waals surface area (Å²) in [7, 11) is 3.26. The number of aliphatic carboxylic acids is 1. The Morgan fingerprint density at radius 2 is 1.74 bits per heavy atom. The van der Waals surface area contributed by atoms with E-state index in [1.807, 2.05) is 42.7 Å². The molecule has 0 spiro atoms. The number of nitrogens with one attached hydrogen (secondary N) is 1. The number of carboxylic acid groups (broad SMARTS) is 1. The lowest BCUT2D eigenvalue weighted by Crippen LogP contribution is -2.21. The Kier molecular flexibility index (Phi) is 7.05. The first-order valence-corrected chi connectivity index (χ1v) is 8.74. The molecule has 0 atom stereocenters. The molecule has 12 heteroatoms. The molecular weight excluding hydrogens is 419 g/mol. The van der Waals surface area contributed by atoms with Gasteiger partial charge < -0.3 is 19.7 Å². The molecule has 0 radical (unpaired) electrons. The van der Waals surface area contributed by atoms with E-state index in [1.165, 1.54) is 11.8 Å². The number of aromatic nitrogens is 4. The molecule has 0 saturated carbocycles. The summed E-state index contributed by atoms with van der Waals surface area (Å²) in [5.41, 5.74) is 4.08. The van der Waals surface area contributed by atoms with Crippen molar-refractivity contribution >= 4 is 17.6 Å². The van der Waals surface area contributed by atoms with Crippen molar-refractivity contribution in [2.75, 3.05) is 12.4 Å². The maximum Gasteiger partial charge on any atom is 0.490 e. The molecule has 2 aromatic heterocycles. The van der Waals surface area contributed by atoms with Gasteiger partial charge in [0.15, 0.2) is 5.69 Å². The van der Waals surface area contributed by atoms with E-state index in [0.717, 1.165) is 17.1 Å². The lowest BCUT2D eigenvalue weighted by Gasteiger charge is -2.08. The average molecular weight is 439 g/mol. The van der Waals surface area contributed by atoms with Crippen LogP contribution in [0.4, 0.5) is 18.9 Å². The Bertz CT molecular complexity index is 1070. The molecule has 2 heterocycles. The second-order valence-electron chi connectivity index (χ2n) is 6.28. The largest absolute Gasteiger partial charge is 0.490 e. The van der Waals surface area contributed by atoms with Gasteiger partial charge in [0.25, 0.3) is 5.91 Å². The van der Waals surface area contributed by atoms with Gasteiger partial charge in [-0.25, -0.2) is 14.5 Å². The van der Waals surface area contributed by atoms with Crippen LogP contribution in [0, 0.1) is 13.8 Å². The van der Waals surface area contributed by atoms with Crippen molar-refractivity contribution in [1.82, 2.24) is 19.3 Å². The third kappa shape index (κ3) is 5.84. The summed E-state index contributed by atoms with van der Waals surface area (Å²) in [5, 5.41) is 14.1. The Morgan fingerprint density at radius 1 is 1.16 bits per heavy atom. The Morgan fingerprint density at radius 3 is 2.16 bits per heavy atom. The number of carboxylic acids is 1. The molecule has 0 fully saturated rings. The molecule has 9 nitrogen and oxygen atoms in total. The number of imidazole rings is 1. The fourth-order valence-electron chi connectivity index (χ4n) is 2.41. The normalized spacial score (nSPS) is 10.8. The Labute approximate surface area is 175 Å². The van der Waals surface area contributed by atoms with Gasteiger partial charge in [0.2, 0.25) is 5.88 Å². The van der Waals surface area contributed by atoms with Gasteiger partial charge in [-0.05, 0) is 38.1 Å². The number of benzene rings is 1. The van der Waals surface area contributed by atoms with E-state index >= 15 is 0 Å². The summed E-state index contributed by atoms with van der Waals surface area (Å²) in [6.45, 7) is 3.99. The number of rotatable bonds is 4. The summed E-state index contributed by atoms with van der Waals surface area (Å²) in [6.07, 6.45) is -3.29. The summed E-state index contributed by atoms with van der Waals surface area (Å²) < 4.78 is 40.4. The number of anilines is 1. The molecule has 0 bridgehead atoms. The van der Waals surface area contributed by atoms with Gasteiger partial charge in [0.05, 0.1) is 19.1 Å². The number of methoxy groups -OCH3 is 1. The number of alkyl halides is 3. The number of aryl methyl sites for hydroxylation is 2. The molecule has 0 aliphatic carbocycles. The zero-order chi connectivity index (χ0) is 23.3. The van der Waals surface area contributed by atoms with Crippen molar-refractivity contribution < 1.29 is 32.6 Å². The topological polar surface area (TPSA) is 111 Å². The number of carbonyl (C=O) groups excluding carboxylic acids is 1. The predicted molar refractivity (Wildman–Crippen MR) is 104 cm³/mol. The first-order chi connectivity index (χ1) is 14.4. The van der Waals surface area contributed by atoms with Gasteiger partial charge in [-0.1, -0.05) is 0 Å². The third-order valence-corrected chi connectivity index (χ3v) is 4.18. The molecule has 0 saturated heterocycles. The highest BCUT2D eigenvalue weighted by Gasteiger charge is 2.38. The van der Waals surface area contributed by atoms with Crippen LogP contribution < -0.4 is 10.1 Å². The van der Waals surface area contributed by atoms with E-state index in [9.17, 15) is 18.0 Å². The van der Waals surface area contributed by atoms with Crippen molar-refractivity contribution in [3.8, 4) is 11.6 Å². The molecule has 31 heavy (non-hydrogen) atoms. The molecule has 1 amide bonds. The number of halogens is 3. The number of amides is 1. The van der Waals surface area contributed by atoms with Gasteiger partial charge in [0, 0.05) is 30.2 Å². The second kappa shape index (κ2) is 9.32. The molecule has 3 aromatic rings. The van der Waals surface area contributed by atoms with E-state index < -0.39 is 12.1 Å². The maximum absolute atomic E-state index is 12.3. The van der Waals surface area contributed by atoms with Crippen LogP contribution >= 0.6 is 0 Å². The lowest BCUT2D eigenvalue weighted by molar-refractivity contribution is -0.192. The van der Waals surface area contributed by atoms with Gasteiger partial charge in [0.1, 0.15) is 0 Å². The molecule has 166 valence electrons. The summed E-state index contributed by atoms with van der Waals surface area (Å²) >= 11 is 0. The predicted octanol–water partition coefficient (Wildman–Crippen LogP) is 3.12. The van der Waals surface area contributed by atoms with E-state index in [0.29, 0.717) is 17.3 Å². The van der Waals surface area contributed by atoms with Crippen LogP contribution in [0.25, 0.3) is 5.69 Å². The highest BCUT2D eigenvalue weighted by atomic mass is 19.4. The zero-order valence-electron chi connectivity index (χ0n) is 17.1. The van der Waals surface area contributed by atoms with Crippen LogP contribution in [-0.4, -0.2) is 49.6 Å². The minimum atomic E-state index is -5.08. The Hall–Kier alpha value is -3.83. The van der Waals surface area contributed by atoms with Gasteiger partial charge in [-0.3, -0.25) is 4.79 Å². The first kappa shape index (κ1) is 23.4. The molecule has 0 aliphatic heterocycles. The lowest BCUT2D eigenvalue weighted by atomic mass is 10.2. The van der Waals surface area contributed by atoms with Crippen molar-refractivity contribution in [2.45, 2.75) is 20.0 Å². The highest BCUT2D eigenvalue weighted by molar-refractivity contribution is 6.03. The minimum absolute atomic E-state index is 0.281. The first-order valence-electron chi connectivity index (χ1n) is 8.74. The molecule has 3 rings (SSSR count). The second-order valence-corrected chi connectivity index (χ2v) is 6.28. The quantitative estimate of drug-likeness (QED) is 0.646. The molecule has 1 aromatic carbocycles. The minimum Gasteiger partial charge on any atom is -0.481 e. The van der Waals surface area contributed by atoms with Crippen LogP contribution in [0.5, 0.6) is 5.88 Å². The van der Waals surface area contributed by atoms with E-state index in [1.54, 1.807) is 19.4 Å². The van der Waals surface area contributed by atoms with E-state index in [4.69, 9.17) is 14.6 Å². The Balaban J connectivity index is 0.000000423. The SMILES string of the molecule is COc1cc(C(=O)Nc2ccc(-n3cnc(C)c3C)cc2)nn1C.O=C(O)C(F)(F)F. The molecule has 2 N–H and O–H groups in total. The van der Waals surface area contributed by atoms with Crippen LogP contribution in [0.15, 0.2) is 36.7 Å². The van der Waals surface area contributed by atoms with Gasteiger partial charge >= 0.3 is 12.1 Å². The number of nitrogens with zero attached hydrogens (tertiary/aromatic N) is 4. The fourth-order valence-corrected chi connectivity index (χ4v) is 2.41. The van der Waals surface area contributed by atoms with Crippen molar-refractivity contribution in [1.29, 1.82) is 0 Å². The van der Waals surface area contributed by atoms with Crippen LogP contribution in [-0.2, 0) is 11.8 Å². The number of hydrogen-bond acceptors (Lipinski definition) is 5. The van der Waals surface area contributed by atoms with Crippen molar-refractivity contribution in [3.05, 3.63) is 53.7 Å². The van der Waals surface area contributed by atoms with Crippen LogP contribution in [0.3, 0.4) is 0 Å². The monoisotopic (exact) mass is 439 g/mol. The van der Waals surface area contributed by atoms with Gasteiger partial charge in [-0.2, -0.15) is 18.3 Å². The van der Waals surface area contributed by atoms with Crippen LogP contribution in [0.1, 0.15) is 21.9 Å². The molecule has 0 aliphatic rings. The third-order valence-electron chi connectivity index (χ3n) is 4.18. The van der Waals surface area contributed by atoms with Crippen molar-refractivity contribution in [2.24, 2.45) is 7.05 Å². The number of hydrogen-bond donors (Lipinski definition) is 2. The fraction of sp³-hybridized carbons (Fsp3) is 0.263. The zero-order valence-corrected chi connectivity index (χ0v) is 17.1. The summed E-state index contributed by atoms with van der Waals surface area (Å²) in [6, 6.07) is 9.16. The maximum atomic E-state index is 12.3. The van der Waals surface area contributed by atoms with Crippen LogP contribution in [0.2, 0.25) is 0 Å². The number of carbonyl (C=O) groups is 2. The highest BCUT2D eigenvalue weighted by Crippen LogP contribution is 2.18. The standard InChI is InChI=1S/C17H19N5O2.C2HF3O2/c1-11-12(2)22(10-18-11)14-7-5-13(6-8-14)19-17(23)15-9-16(24-4)21(3)20-15;3-2(4,5)1(6)7/h5-10H,1-4H3,(H,19,23);(H,6,7). The number of ether oxygens (including phenoxy) is 1. The molecular formula is C19H20F3N5O4. The van der Waals surface area contributed by atoms with E-state index in [-0.39, 0.29) is 5.91 Å². The van der Waals surface area contributed by atoms with E-state index in [2.05, 4.69) is 15.4 Å². The summed E-state index contributed by atoms with van der Waals surface area (Å²) in [4.78, 5) is 25.4. The van der Waals surface area contributed by atoms with Gasteiger partial charge in [-0.15, -0.1) is 0 Å². The smallest absolute Gasteiger partial charge is 0.481 e. The molecule has 0 unspecified atom stereocenters. The van der Waals surface area contributed by atoms with Crippen molar-refractivity contribution in [3.63, 3.8) is 0 Å². The average Bonchev–Trinajstić information content (AvgIpc) is 3.24. The summed E-state index contributed by atoms with van der Waals surface area (Å²) in [5.74, 6) is -2.51.